The average molecular weight is 496 g/mol. The summed E-state index contributed by atoms with van der Waals surface area (Å²) >= 11 is 7.59. The number of carbonyl (C=O) groups is 2. The van der Waals surface area contributed by atoms with E-state index in [1.54, 1.807) is 30.3 Å². The number of rotatable bonds is 8. The molecule has 0 saturated carbocycles. The first-order valence-corrected chi connectivity index (χ1v) is 12.4. The van der Waals surface area contributed by atoms with Crippen molar-refractivity contribution in [1.29, 1.82) is 0 Å². The largest absolute Gasteiger partial charge is 0.328 e. The van der Waals surface area contributed by atoms with Crippen molar-refractivity contribution in [3.05, 3.63) is 83.2 Å². The van der Waals surface area contributed by atoms with E-state index in [9.17, 15) is 9.59 Å². The highest BCUT2D eigenvalue weighted by atomic mass is 35.5. The lowest BCUT2D eigenvalue weighted by atomic mass is 10.1. The van der Waals surface area contributed by atoms with Gasteiger partial charge in [0.15, 0.2) is 11.0 Å². The van der Waals surface area contributed by atoms with E-state index < -0.39 is 0 Å². The predicted octanol–water partition coefficient (Wildman–Crippen LogP) is 5.13. The zero-order valence-corrected chi connectivity index (χ0v) is 20.5. The Morgan fingerprint density at radius 2 is 1.97 bits per heavy atom. The van der Waals surface area contributed by atoms with Gasteiger partial charge in [0.05, 0.1) is 22.4 Å². The highest BCUT2D eigenvalue weighted by molar-refractivity contribution is 7.99. The second-order valence-corrected chi connectivity index (χ2v) is 9.43. The molecule has 3 aromatic rings. The van der Waals surface area contributed by atoms with Gasteiger partial charge < -0.3 is 14.8 Å². The van der Waals surface area contributed by atoms with Crippen LogP contribution in [-0.2, 0) is 11.3 Å². The number of nitrogens with one attached hydrogen (secondary N) is 1. The monoisotopic (exact) mass is 495 g/mol. The fourth-order valence-electron chi connectivity index (χ4n) is 3.99. The first kappa shape index (κ1) is 24.0. The molecule has 0 spiro atoms. The molecular formula is C25H26ClN5O2S. The van der Waals surface area contributed by atoms with Crippen LogP contribution in [0, 0.1) is 6.92 Å². The maximum absolute atomic E-state index is 13.2. The fourth-order valence-corrected chi connectivity index (χ4v) is 4.96. The number of benzene rings is 2. The van der Waals surface area contributed by atoms with Crippen LogP contribution in [0.2, 0.25) is 5.02 Å². The van der Waals surface area contributed by atoms with Gasteiger partial charge in [-0.15, -0.1) is 16.8 Å². The number of amides is 2. The van der Waals surface area contributed by atoms with Gasteiger partial charge in [-0.25, -0.2) is 0 Å². The third kappa shape index (κ3) is 5.34. The second kappa shape index (κ2) is 10.9. The highest BCUT2D eigenvalue weighted by Crippen LogP contribution is 2.34. The zero-order chi connectivity index (χ0) is 24.1. The molecule has 2 heterocycles. The van der Waals surface area contributed by atoms with Crippen LogP contribution in [0.4, 0.5) is 5.69 Å². The summed E-state index contributed by atoms with van der Waals surface area (Å²) in [5.41, 5.74) is 2.36. The molecule has 1 aromatic heterocycles. The lowest BCUT2D eigenvalue weighted by molar-refractivity contribution is -0.113. The van der Waals surface area contributed by atoms with Gasteiger partial charge in [-0.1, -0.05) is 59.3 Å². The Hall–Kier alpha value is -3.10. The van der Waals surface area contributed by atoms with E-state index >= 15 is 0 Å². The van der Waals surface area contributed by atoms with Crippen LogP contribution < -0.4 is 5.32 Å². The zero-order valence-electron chi connectivity index (χ0n) is 18.9. The number of nitrogens with zero attached hydrogens (tertiary/aromatic N) is 4. The van der Waals surface area contributed by atoms with E-state index in [2.05, 4.69) is 22.1 Å². The molecule has 1 saturated heterocycles. The Balaban J connectivity index is 1.49. The normalized spacial score (nSPS) is 15.4. The van der Waals surface area contributed by atoms with Gasteiger partial charge in [0.2, 0.25) is 5.91 Å². The number of halogens is 1. The van der Waals surface area contributed by atoms with E-state index in [4.69, 9.17) is 11.6 Å². The molecule has 1 unspecified atom stereocenters. The Kier molecular flexibility index (Phi) is 7.70. The van der Waals surface area contributed by atoms with E-state index in [1.807, 2.05) is 40.7 Å². The molecule has 176 valence electrons. The minimum absolute atomic E-state index is 0.118. The fraction of sp³-hybridized carbons (Fsp3) is 0.280. The van der Waals surface area contributed by atoms with Gasteiger partial charge in [0.1, 0.15) is 0 Å². The lowest BCUT2D eigenvalue weighted by Gasteiger charge is -2.25. The van der Waals surface area contributed by atoms with Gasteiger partial charge in [-0.3, -0.25) is 9.59 Å². The number of hydrogen-bond donors (Lipinski definition) is 1. The summed E-state index contributed by atoms with van der Waals surface area (Å²) in [6, 6.07) is 14.5. The number of anilines is 1. The molecule has 7 nitrogen and oxygen atoms in total. The lowest BCUT2D eigenvalue weighted by Crippen LogP contribution is -2.32. The minimum Gasteiger partial charge on any atom is -0.328 e. The molecule has 34 heavy (non-hydrogen) atoms. The number of carbonyl (C=O) groups excluding carboxylic acids is 2. The molecule has 1 aliphatic heterocycles. The van der Waals surface area contributed by atoms with Crippen molar-refractivity contribution in [2.45, 2.75) is 37.5 Å². The molecular weight excluding hydrogens is 470 g/mol. The first-order valence-electron chi connectivity index (χ1n) is 11.1. The Morgan fingerprint density at radius 3 is 2.71 bits per heavy atom. The van der Waals surface area contributed by atoms with Crippen LogP contribution in [0.5, 0.6) is 0 Å². The number of likely N-dealkylation sites (tertiary alicyclic amines) is 1. The molecule has 1 atom stereocenters. The third-order valence-corrected chi connectivity index (χ3v) is 6.94. The van der Waals surface area contributed by atoms with Crippen LogP contribution in [0.25, 0.3) is 0 Å². The van der Waals surface area contributed by atoms with Crippen LogP contribution in [0.1, 0.15) is 40.6 Å². The number of thioether (sulfide) groups is 1. The van der Waals surface area contributed by atoms with Gasteiger partial charge in [-0.2, -0.15) is 0 Å². The van der Waals surface area contributed by atoms with Crippen molar-refractivity contribution in [1.82, 2.24) is 19.7 Å². The van der Waals surface area contributed by atoms with Gasteiger partial charge in [0.25, 0.3) is 5.91 Å². The van der Waals surface area contributed by atoms with Crippen molar-refractivity contribution in [3.63, 3.8) is 0 Å². The van der Waals surface area contributed by atoms with E-state index in [-0.39, 0.29) is 23.6 Å². The van der Waals surface area contributed by atoms with Crippen LogP contribution in [0.3, 0.4) is 0 Å². The van der Waals surface area contributed by atoms with Crippen LogP contribution in [0.15, 0.2) is 66.3 Å². The van der Waals surface area contributed by atoms with Crippen LogP contribution in [-0.4, -0.2) is 43.8 Å². The van der Waals surface area contributed by atoms with E-state index in [0.717, 1.165) is 24.1 Å². The smallest absolute Gasteiger partial charge is 0.255 e. The highest BCUT2D eigenvalue weighted by Gasteiger charge is 2.35. The van der Waals surface area contributed by atoms with Gasteiger partial charge >= 0.3 is 0 Å². The summed E-state index contributed by atoms with van der Waals surface area (Å²) in [6.45, 7) is 6.96. The Morgan fingerprint density at radius 1 is 1.21 bits per heavy atom. The summed E-state index contributed by atoms with van der Waals surface area (Å²) < 4.78 is 1.93. The molecule has 2 aromatic carbocycles. The third-order valence-electron chi connectivity index (χ3n) is 5.64. The average Bonchev–Trinajstić information content (AvgIpc) is 3.46. The summed E-state index contributed by atoms with van der Waals surface area (Å²) in [6.07, 6.45) is 3.41. The molecule has 1 fully saturated rings. The van der Waals surface area contributed by atoms with Gasteiger partial charge in [-0.05, 0) is 44.0 Å². The van der Waals surface area contributed by atoms with Crippen molar-refractivity contribution in [2.75, 3.05) is 17.6 Å². The summed E-state index contributed by atoms with van der Waals surface area (Å²) in [4.78, 5) is 27.5. The summed E-state index contributed by atoms with van der Waals surface area (Å²) in [5.74, 6) is 0.642. The van der Waals surface area contributed by atoms with Gasteiger partial charge in [0, 0.05) is 18.8 Å². The summed E-state index contributed by atoms with van der Waals surface area (Å²) in [7, 11) is 0. The molecule has 1 N–H and O–H groups in total. The molecule has 9 heteroatoms. The molecule has 2 amide bonds. The van der Waals surface area contributed by atoms with E-state index in [1.165, 1.54) is 11.8 Å². The van der Waals surface area contributed by atoms with Crippen molar-refractivity contribution >= 4 is 40.9 Å². The molecule has 0 bridgehead atoms. The van der Waals surface area contributed by atoms with E-state index in [0.29, 0.717) is 34.7 Å². The maximum atomic E-state index is 13.2. The van der Waals surface area contributed by atoms with Crippen molar-refractivity contribution in [2.24, 2.45) is 0 Å². The number of allylic oxidation sites excluding steroid dienone is 1. The predicted molar refractivity (Wildman–Crippen MR) is 135 cm³/mol. The number of hydrogen-bond acceptors (Lipinski definition) is 5. The number of aromatic nitrogens is 3. The first-order chi connectivity index (χ1) is 16.5. The molecule has 0 aliphatic carbocycles. The summed E-state index contributed by atoms with van der Waals surface area (Å²) in [5, 5.41) is 12.7. The second-order valence-electron chi connectivity index (χ2n) is 8.08. The Bertz CT molecular complexity index is 1190. The molecule has 4 rings (SSSR count). The topological polar surface area (TPSA) is 80.1 Å². The quantitative estimate of drug-likeness (QED) is 0.346. The minimum atomic E-state index is -0.216. The molecule has 0 radical (unpaired) electrons. The SMILES string of the molecule is C=CCn1c(SCC(=O)Nc2ccc(C)cc2)nnc1C1CCCN1C(=O)c1ccccc1Cl. The number of aryl methyl sites for hydroxylation is 1. The van der Waals surface area contributed by atoms with Crippen LogP contribution >= 0.6 is 23.4 Å². The Labute approximate surface area is 208 Å². The van der Waals surface area contributed by atoms with Crippen molar-refractivity contribution < 1.29 is 9.59 Å². The maximum Gasteiger partial charge on any atom is 0.255 e. The molecule has 1 aliphatic rings. The van der Waals surface area contributed by atoms with Crippen molar-refractivity contribution in [3.8, 4) is 0 Å². The standard InChI is InChI=1S/C25H26ClN5O2S/c1-3-14-31-23(21-9-6-15-30(21)24(33)19-7-4-5-8-20(19)26)28-29-25(31)34-16-22(32)27-18-12-10-17(2)11-13-18/h3-5,7-8,10-13,21H,1,6,9,14-16H2,2H3,(H,27,32).